The lowest BCUT2D eigenvalue weighted by Gasteiger charge is -2.11. The number of rotatable bonds is 5. The van der Waals surface area contributed by atoms with Gasteiger partial charge in [0.15, 0.2) is 0 Å². The van der Waals surface area contributed by atoms with E-state index in [0.29, 0.717) is 13.0 Å². The standard InChI is InChI=1S/C18H22O2/c1-13-4-6-16(7-5-13)12-20-18-9-8-17(11-15(3)19)14(2)10-18/h4-10,15,19H,11-12H2,1-3H3. The fourth-order valence-electron chi connectivity index (χ4n) is 2.16. The molecule has 2 heteroatoms. The summed E-state index contributed by atoms with van der Waals surface area (Å²) in [5.41, 5.74) is 4.75. The average molecular weight is 270 g/mol. The summed E-state index contributed by atoms with van der Waals surface area (Å²) >= 11 is 0. The number of aliphatic hydroxyl groups is 1. The first kappa shape index (κ1) is 14.6. The Balaban J connectivity index is 1.99. The highest BCUT2D eigenvalue weighted by Crippen LogP contribution is 2.19. The van der Waals surface area contributed by atoms with Crippen LogP contribution in [0.1, 0.15) is 29.2 Å². The summed E-state index contributed by atoms with van der Waals surface area (Å²) in [6.45, 7) is 6.52. The van der Waals surface area contributed by atoms with Gasteiger partial charge in [0.1, 0.15) is 12.4 Å². The second kappa shape index (κ2) is 6.58. The van der Waals surface area contributed by atoms with Crippen molar-refractivity contribution in [3.63, 3.8) is 0 Å². The van der Waals surface area contributed by atoms with Gasteiger partial charge in [-0.05, 0) is 56.0 Å². The number of benzene rings is 2. The Kier molecular flexibility index (Phi) is 4.80. The van der Waals surface area contributed by atoms with Gasteiger partial charge in [-0.25, -0.2) is 0 Å². The molecule has 1 N–H and O–H groups in total. The third-order valence-corrected chi connectivity index (χ3v) is 3.36. The maximum Gasteiger partial charge on any atom is 0.120 e. The van der Waals surface area contributed by atoms with E-state index in [1.165, 1.54) is 16.7 Å². The third-order valence-electron chi connectivity index (χ3n) is 3.36. The van der Waals surface area contributed by atoms with Gasteiger partial charge < -0.3 is 9.84 Å². The maximum atomic E-state index is 9.44. The van der Waals surface area contributed by atoms with E-state index in [1.54, 1.807) is 6.92 Å². The monoisotopic (exact) mass is 270 g/mol. The van der Waals surface area contributed by atoms with Crippen LogP contribution in [0, 0.1) is 13.8 Å². The first-order chi connectivity index (χ1) is 9.54. The van der Waals surface area contributed by atoms with Crippen LogP contribution in [0.5, 0.6) is 5.75 Å². The largest absolute Gasteiger partial charge is 0.489 e. The van der Waals surface area contributed by atoms with E-state index < -0.39 is 0 Å². The van der Waals surface area contributed by atoms with E-state index in [0.717, 1.165) is 11.3 Å². The zero-order valence-corrected chi connectivity index (χ0v) is 12.4. The summed E-state index contributed by atoms with van der Waals surface area (Å²) in [5.74, 6) is 0.873. The van der Waals surface area contributed by atoms with Crippen molar-refractivity contribution in [3.05, 3.63) is 64.7 Å². The molecule has 1 atom stereocenters. The third kappa shape index (κ3) is 4.10. The lowest BCUT2D eigenvalue weighted by Crippen LogP contribution is -2.05. The Morgan fingerprint density at radius 2 is 1.75 bits per heavy atom. The average Bonchev–Trinajstić information content (AvgIpc) is 2.40. The fourth-order valence-corrected chi connectivity index (χ4v) is 2.16. The van der Waals surface area contributed by atoms with Crippen LogP contribution >= 0.6 is 0 Å². The Hall–Kier alpha value is -1.80. The van der Waals surface area contributed by atoms with Crippen LogP contribution in [0.25, 0.3) is 0 Å². The quantitative estimate of drug-likeness (QED) is 0.895. The highest BCUT2D eigenvalue weighted by molar-refractivity contribution is 5.35. The number of aryl methyl sites for hydroxylation is 2. The van der Waals surface area contributed by atoms with Crippen LogP contribution in [0.3, 0.4) is 0 Å². The minimum Gasteiger partial charge on any atom is -0.489 e. The zero-order chi connectivity index (χ0) is 14.5. The predicted octanol–water partition coefficient (Wildman–Crippen LogP) is 3.81. The van der Waals surface area contributed by atoms with Crippen molar-refractivity contribution < 1.29 is 9.84 Å². The van der Waals surface area contributed by atoms with Crippen LogP contribution in [0.15, 0.2) is 42.5 Å². The molecule has 2 rings (SSSR count). The lowest BCUT2D eigenvalue weighted by atomic mass is 10.0. The molecule has 0 fully saturated rings. The van der Waals surface area contributed by atoms with Crippen LogP contribution in [0.4, 0.5) is 0 Å². The molecule has 0 aliphatic carbocycles. The topological polar surface area (TPSA) is 29.5 Å². The van der Waals surface area contributed by atoms with E-state index in [-0.39, 0.29) is 6.10 Å². The molecule has 0 aliphatic heterocycles. The molecule has 2 nitrogen and oxygen atoms in total. The van der Waals surface area contributed by atoms with E-state index in [9.17, 15) is 5.11 Å². The number of hydrogen-bond acceptors (Lipinski definition) is 2. The van der Waals surface area contributed by atoms with Gasteiger partial charge in [-0.1, -0.05) is 35.9 Å². The van der Waals surface area contributed by atoms with Gasteiger partial charge >= 0.3 is 0 Å². The van der Waals surface area contributed by atoms with Crippen molar-refractivity contribution in [2.75, 3.05) is 0 Å². The number of hydrogen-bond donors (Lipinski definition) is 1. The van der Waals surface area contributed by atoms with E-state index in [1.807, 2.05) is 18.2 Å². The summed E-state index contributed by atoms with van der Waals surface area (Å²) in [7, 11) is 0. The summed E-state index contributed by atoms with van der Waals surface area (Å²) in [4.78, 5) is 0. The van der Waals surface area contributed by atoms with Crippen molar-refractivity contribution in [1.29, 1.82) is 0 Å². The van der Waals surface area contributed by atoms with E-state index >= 15 is 0 Å². The molecular weight excluding hydrogens is 248 g/mol. The molecule has 2 aromatic rings. The summed E-state index contributed by atoms with van der Waals surface area (Å²) in [5, 5.41) is 9.44. The predicted molar refractivity (Wildman–Crippen MR) is 82.1 cm³/mol. The molecule has 2 aromatic carbocycles. The molecule has 0 saturated carbocycles. The first-order valence-corrected chi connectivity index (χ1v) is 7.00. The molecule has 0 aliphatic rings. The van der Waals surface area contributed by atoms with Gasteiger partial charge in [-0.3, -0.25) is 0 Å². The summed E-state index contributed by atoms with van der Waals surface area (Å²) in [6.07, 6.45) is 0.373. The van der Waals surface area contributed by atoms with Gasteiger partial charge in [-0.15, -0.1) is 0 Å². The van der Waals surface area contributed by atoms with Crippen molar-refractivity contribution in [2.24, 2.45) is 0 Å². The van der Waals surface area contributed by atoms with Crippen molar-refractivity contribution in [1.82, 2.24) is 0 Å². The Morgan fingerprint density at radius 3 is 2.35 bits per heavy atom. The van der Waals surface area contributed by atoms with Gasteiger partial charge in [0.25, 0.3) is 0 Å². The highest BCUT2D eigenvalue weighted by atomic mass is 16.5. The minimum absolute atomic E-state index is 0.312. The molecule has 106 valence electrons. The molecule has 0 aromatic heterocycles. The molecule has 0 heterocycles. The molecule has 0 spiro atoms. The first-order valence-electron chi connectivity index (χ1n) is 7.00. The van der Waals surface area contributed by atoms with Gasteiger partial charge in [0.2, 0.25) is 0 Å². The Labute approximate surface area is 121 Å². The Bertz CT molecular complexity index is 556. The minimum atomic E-state index is -0.312. The van der Waals surface area contributed by atoms with Gasteiger partial charge in [-0.2, -0.15) is 0 Å². The molecular formula is C18H22O2. The van der Waals surface area contributed by atoms with E-state index in [4.69, 9.17) is 4.74 Å². The number of aliphatic hydroxyl groups excluding tert-OH is 1. The number of ether oxygens (including phenoxy) is 1. The van der Waals surface area contributed by atoms with Crippen LogP contribution in [0.2, 0.25) is 0 Å². The highest BCUT2D eigenvalue weighted by Gasteiger charge is 2.04. The second-order valence-corrected chi connectivity index (χ2v) is 5.42. The molecule has 0 saturated heterocycles. The lowest BCUT2D eigenvalue weighted by molar-refractivity contribution is 0.195. The zero-order valence-electron chi connectivity index (χ0n) is 12.4. The summed E-state index contributed by atoms with van der Waals surface area (Å²) < 4.78 is 5.81. The van der Waals surface area contributed by atoms with Crippen LogP contribution in [-0.4, -0.2) is 11.2 Å². The SMILES string of the molecule is Cc1ccc(COc2ccc(CC(C)O)c(C)c2)cc1. The van der Waals surface area contributed by atoms with Gasteiger partial charge in [0.05, 0.1) is 6.10 Å². The molecule has 1 unspecified atom stereocenters. The molecule has 0 bridgehead atoms. The van der Waals surface area contributed by atoms with Crippen molar-refractivity contribution in [3.8, 4) is 5.75 Å². The van der Waals surface area contributed by atoms with Crippen LogP contribution < -0.4 is 4.74 Å². The molecule has 20 heavy (non-hydrogen) atoms. The van der Waals surface area contributed by atoms with Crippen molar-refractivity contribution >= 4 is 0 Å². The second-order valence-electron chi connectivity index (χ2n) is 5.42. The van der Waals surface area contributed by atoms with Crippen molar-refractivity contribution in [2.45, 2.75) is 39.9 Å². The smallest absolute Gasteiger partial charge is 0.120 e. The normalized spacial score (nSPS) is 12.2. The fraction of sp³-hybridized carbons (Fsp3) is 0.333. The molecule has 0 amide bonds. The van der Waals surface area contributed by atoms with Crippen LogP contribution in [-0.2, 0) is 13.0 Å². The Morgan fingerprint density at radius 1 is 1.05 bits per heavy atom. The maximum absolute atomic E-state index is 9.44. The molecule has 0 radical (unpaired) electrons. The van der Waals surface area contributed by atoms with E-state index in [2.05, 4.69) is 38.1 Å². The van der Waals surface area contributed by atoms with Gasteiger partial charge in [0, 0.05) is 0 Å². The summed E-state index contributed by atoms with van der Waals surface area (Å²) in [6, 6.07) is 14.4.